The minimum Gasteiger partial charge on any atom is -0.493 e. The molecule has 2 aromatic carbocycles. The number of halogens is 1. The molecule has 0 unspecified atom stereocenters. The van der Waals surface area contributed by atoms with E-state index in [9.17, 15) is 9.18 Å². The van der Waals surface area contributed by atoms with E-state index in [1.807, 2.05) is 6.07 Å². The molecule has 0 aliphatic heterocycles. The van der Waals surface area contributed by atoms with Crippen molar-refractivity contribution in [3.8, 4) is 11.8 Å². The molecule has 22 heavy (non-hydrogen) atoms. The second kappa shape index (κ2) is 7.09. The summed E-state index contributed by atoms with van der Waals surface area (Å²) in [6.45, 7) is 0.116. The van der Waals surface area contributed by atoms with Gasteiger partial charge in [0.25, 0.3) is 0 Å². The topological polar surface area (TPSA) is 88.1 Å². The first kappa shape index (κ1) is 15.3. The Hall–Kier alpha value is -3.07. The molecule has 0 saturated carbocycles. The van der Waals surface area contributed by atoms with Crippen molar-refractivity contribution in [2.24, 2.45) is 0 Å². The zero-order valence-corrected chi connectivity index (χ0v) is 11.7. The molecule has 0 atom stereocenters. The minimum absolute atomic E-state index is 0.0384. The maximum absolute atomic E-state index is 13.5. The van der Waals surface area contributed by atoms with Gasteiger partial charge in [0.15, 0.2) is 0 Å². The van der Waals surface area contributed by atoms with Crippen molar-refractivity contribution in [2.75, 3.05) is 17.7 Å². The lowest BCUT2D eigenvalue weighted by molar-refractivity contribution is -0.116. The quantitative estimate of drug-likeness (QED) is 0.831. The Kier molecular flexibility index (Phi) is 4.94. The number of hydrogen-bond donors (Lipinski definition) is 2. The maximum atomic E-state index is 13.5. The number of amides is 1. The minimum atomic E-state index is -0.551. The molecule has 112 valence electrons. The number of nitrogens with two attached hydrogens (primary N) is 1. The number of nitrogen functional groups attached to an aromatic ring is 1. The van der Waals surface area contributed by atoms with Gasteiger partial charge in [-0.15, -0.1) is 0 Å². The number of carbonyl (C=O) groups is 1. The van der Waals surface area contributed by atoms with E-state index < -0.39 is 5.82 Å². The Bertz CT molecular complexity index is 726. The van der Waals surface area contributed by atoms with Crippen molar-refractivity contribution in [3.05, 3.63) is 53.8 Å². The molecule has 6 heteroatoms. The Morgan fingerprint density at radius 2 is 2.14 bits per heavy atom. The van der Waals surface area contributed by atoms with E-state index >= 15 is 0 Å². The van der Waals surface area contributed by atoms with Crippen LogP contribution in [0.3, 0.4) is 0 Å². The predicted octanol–water partition coefficient (Wildman–Crippen LogP) is 2.69. The van der Waals surface area contributed by atoms with Crippen molar-refractivity contribution in [3.63, 3.8) is 0 Å². The monoisotopic (exact) mass is 299 g/mol. The van der Waals surface area contributed by atoms with Crippen molar-refractivity contribution >= 4 is 17.3 Å². The number of rotatable bonds is 5. The fourth-order valence-corrected chi connectivity index (χ4v) is 1.77. The molecule has 2 rings (SSSR count). The molecular weight excluding hydrogens is 285 g/mol. The van der Waals surface area contributed by atoms with E-state index in [1.54, 1.807) is 24.3 Å². The van der Waals surface area contributed by atoms with Gasteiger partial charge in [0.2, 0.25) is 5.91 Å². The van der Waals surface area contributed by atoms with Gasteiger partial charge in [-0.2, -0.15) is 5.26 Å². The fourth-order valence-electron chi connectivity index (χ4n) is 1.77. The summed E-state index contributed by atoms with van der Waals surface area (Å²) in [5.41, 5.74) is 6.41. The van der Waals surface area contributed by atoms with Gasteiger partial charge in [-0.3, -0.25) is 4.79 Å². The van der Waals surface area contributed by atoms with Crippen LogP contribution in [0.1, 0.15) is 12.0 Å². The molecule has 0 radical (unpaired) electrons. The molecule has 0 heterocycles. The van der Waals surface area contributed by atoms with Crippen molar-refractivity contribution in [1.29, 1.82) is 5.26 Å². The van der Waals surface area contributed by atoms with E-state index in [0.717, 1.165) is 0 Å². The summed E-state index contributed by atoms with van der Waals surface area (Å²) in [5, 5.41) is 11.2. The Labute approximate surface area is 127 Å². The maximum Gasteiger partial charge on any atom is 0.227 e. The lowest BCUT2D eigenvalue weighted by Gasteiger charge is -2.08. The third-order valence-electron chi connectivity index (χ3n) is 2.83. The van der Waals surface area contributed by atoms with Crippen LogP contribution in [-0.4, -0.2) is 12.5 Å². The smallest absolute Gasteiger partial charge is 0.227 e. The number of nitrogens with zero attached hydrogens (tertiary/aromatic N) is 1. The molecule has 0 aromatic heterocycles. The zero-order valence-electron chi connectivity index (χ0n) is 11.7. The Balaban J connectivity index is 1.85. The van der Waals surface area contributed by atoms with Crippen LogP contribution >= 0.6 is 0 Å². The first-order valence-electron chi connectivity index (χ1n) is 6.56. The highest BCUT2D eigenvalue weighted by atomic mass is 19.1. The van der Waals surface area contributed by atoms with Crippen molar-refractivity contribution < 1.29 is 13.9 Å². The second-order valence-corrected chi connectivity index (χ2v) is 4.53. The average molecular weight is 299 g/mol. The largest absolute Gasteiger partial charge is 0.493 e. The number of nitriles is 1. The molecule has 0 spiro atoms. The summed E-state index contributed by atoms with van der Waals surface area (Å²) in [4.78, 5) is 11.7. The van der Waals surface area contributed by atoms with Crippen LogP contribution in [0, 0.1) is 17.1 Å². The standard InChI is InChI=1S/C16H14FN3O2/c17-14-5-4-12(19)9-15(14)20-16(21)6-7-22-13-3-1-2-11(8-13)10-18/h1-5,8-9H,6-7,19H2,(H,20,21). The zero-order chi connectivity index (χ0) is 15.9. The van der Waals surface area contributed by atoms with Crippen LogP contribution < -0.4 is 15.8 Å². The van der Waals surface area contributed by atoms with E-state index in [2.05, 4.69) is 5.32 Å². The summed E-state index contributed by atoms with van der Waals surface area (Å²) in [6, 6.07) is 12.6. The number of anilines is 2. The van der Waals surface area contributed by atoms with E-state index in [1.165, 1.54) is 18.2 Å². The summed E-state index contributed by atoms with van der Waals surface area (Å²) in [6.07, 6.45) is 0.0466. The average Bonchev–Trinajstić information content (AvgIpc) is 2.51. The van der Waals surface area contributed by atoms with E-state index in [4.69, 9.17) is 15.7 Å². The van der Waals surface area contributed by atoms with Crippen LogP contribution in [0.25, 0.3) is 0 Å². The third kappa shape index (κ3) is 4.21. The number of nitrogens with one attached hydrogen (secondary N) is 1. The molecule has 0 aliphatic rings. The van der Waals surface area contributed by atoms with Crippen LogP contribution in [0.15, 0.2) is 42.5 Å². The molecule has 0 fully saturated rings. The normalized spacial score (nSPS) is 9.82. The highest BCUT2D eigenvalue weighted by Gasteiger charge is 2.08. The number of benzene rings is 2. The summed E-state index contributed by atoms with van der Waals surface area (Å²) < 4.78 is 18.8. The first-order chi connectivity index (χ1) is 10.6. The predicted molar refractivity (Wildman–Crippen MR) is 80.7 cm³/mol. The van der Waals surface area contributed by atoms with Gasteiger partial charge in [-0.1, -0.05) is 6.07 Å². The molecule has 3 N–H and O–H groups in total. The molecule has 0 aliphatic carbocycles. The summed E-state index contributed by atoms with van der Waals surface area (Å²) in [5.74, 6) is -0.437. The van der Waals surface area contributed by atoms with Gasteiger partial charge < -0.3 is 15.8 Å². The molecule has 1 amide bonds. The lowest BCUT2D eigenvalue weighted by atomic mass is 10.2. The molecular formula is C16H14FN3O2. The van der Waals surface area contributed by atoms with Gasteiger partial charge in [0.05, 0.1) is 30.3 Å². The first-order valence-corrected chi connectivity index (χ1v) is 6.56. The van der Waals surface area contributed by atoms with Gasteiger partial charge in [0, 0.05) is 5.69 Å². The van der Waals surface area contributed by atoms with Crippen molar-refractivity contribution in [1.82, 2.24) is 0 Å². The van der Waals surface area contributed by atoms with Crippen LogP contribution in [0.2, 0.25) is 0 Å². The Morgan fingerprint density at radius 1 is 1.32 bits per heavy atom. The SMILES string of the molecule is N#Cc1cccc(OCCC(=O)Nc2cc(N)ccc2F)c1. The van der Waals surface area contributed by atoms with Gasteiger partial charge in [-0.05, 0) is 36.4 Å². The molecule has 5 nitrogen and oxygen atoms in total. The van der Waals surface area contributed by atoms with E-state index in [-0.39, 0.29) is 24.6 Å². The van der Waals surface area contributed by atoms with Gasteiger partial charge in [0.1, 0.15) is 11.6 Å². The van der Waals surface area contributed by atoms with Crippen LogP contribution in [0.5, 0.6) is 5.75 Å². The van der Waals surface area contributed by atoms with Gasteiger partial charge in [-0.25, -0.2) is 4.39 Å². The molecule has 0 bridgehead atoms. The second-order valence-electron chi connectivity index (χ2n) is 4.53. The number of hydrogen-bond acceptors (Lipinski definition) is 4. The van der Waals surface area contributed by atoms with Crippen LogP contribution in [-0.2, 0) is 4.79 Å². The lowest BCUT2D eigenvalue weighted by Crippen LogP contribution is -2.16. The van der Waals surface area contributed by atoms with Crippen LogP contribution in [0.4, 0.5) is 15.8 Å². The van der Waals surface area contributed by atoms with E-state index in [0.29, 0.717) is 17.0 Å². The number of carbonyl (C=O) groups excluding carboxylic acids is 1. The molecule has 2 aromatic rings. The third-order valence-corrected chi connectivity index (χ3v) is 2.83. The fraction of sp³-hybridized carbons (Fsp3) is 0.125. The Morgan fingerprint density at radius 3 is 2.91 bits per heavy atom. The van der Waals surface area contributed by atoms with Gasteiger partial charge >= 0.3 is 0 Å². The highest BCUT2D eigenvalue weighted by Crippen LogP contribution is 2.18. The van der Waals surface area contributed by atoms with Crippen molar-refractivity contribution in [2.45, 2.75) is 6.42 Å². The number of ether oxygens (including phenoxy) is 1. The summed E-state index contributed by atoms with van der Waals surface area (Å²) >= 11 is 0. The highest BCUT2D eigenvalue weighted by molar-refractivity contribution is 5.91. The molecule has 0 saturated heterocycles. The summed E-state index contributed by atoms with van der Waals surface area (Å²) in [7, 11) is 0.